The second-order valence-electron chi connectivity index (χ2n) is 8.84. The van der Waals surface area contributed by atoms with Crippen LogP contribution in [0.5, 0.6) is 0 Å². The molecule has 0 atom stereocenters. The molecule has 170 valence electrons. The topological polar surface area (TPSA) is 64.3 Å². The maximum absolute atomic E-state index is 13.7. The molecule has 0 unspecified atom stereocenters. The predicted octanol–water partition coefficient (Wildman–Crippen LogP) is 4.90. The van der Waals surface area contributed by atoms with Gasteiger partial charge in [0, 0.05) is 55.5 Å². The highest BCUT2D eigenvalue weighted by Gasteiger charge is 2.27. The van der Waals surface area contributed by atoms with E-state index in [4.69, 9.17) is 0 Å². The lowest BCUT2D eigenvalue weighted by Gasteiger charge is -2.35. The molecule has 2 N–H and O–H groups in total. The Morgan fingerprint density at radius 1 is 1.31 bits per heavy atom. The van der Waals surface area contributed by atoms with Gasteiger partial charge in [-0.3, -0.25) is 4.79 Å². The molecule has 2 aromatic heterocycles. The third kappa shape index (κ3) is 4.71. The Hall–Kier alpha value is -3.09. The number of fused-ring (bicyclic) bond motifs is 1. The van der Waals surface area contributed by atoms with E-state index in [2.05, 4.69) is 47.0 Å². The first kappa shape index (κ1) is 22.1. The lowest BCUT2D eigenvalue weighted by Crippen LogP contribution is -2.42. The number of piperidine rings is 1. The second-order valence-corrected chi connectivity index (χ2v) is 8.84. The molecule has 32 heavy (non-hydrogen) atoms. The molecule has 0 bridgehead atoms. The third-order valence-electron chi connectivity index (χ3n) is 6.17. The Kier molecular flexibility index (Phi) is 6.63. The van der Waals surface area contributed by atoms with E-state index in [1.807, 2.05) is 17.2 Å². The summed E-state index contributed by atoms with van der Waals surface area (Å²) in [6.07, 6.45) is 5.42. The number of anilines is 2. The molecular formula is C25H32FN5O. The number of amides is 1. The lowest BCUT2D eigenvalue weighted by molar-refractivity contribution is 0.0695. The van der Waals surface area contributed by atoms with Gasteiger partial charge in [0.15, 0.2) is 5.82 Å². The van der Waals surface area contributed by atoms with Crippen molar-refractivity contribution in [2.24, 2.45) is 5.92 Å². The average Bonchev–Trinajstić information content (AvgIpc) is 3.20. The lowest BCUT2D eigenvalue weighted by atomic mass is 9.95. The first-order valence-corrected chi connectivity index (χ1v) is 11.5. The molecule has 0 radical (unpaired) electrons. The van der Waals surface area contributed by atoms with Crippen LogP contribution in [0.25, 0.3) is 10.9 Å². The van der Waals surface area contributed by atoms with Crippen molar-refractivity contribution in [1.29, 1.82) is 0 Å². The van der Waals surface area contributed by atoms with Gasteiger partial charge in [-0.2, -0.15) is 0 Å². The van der Waals surface area contributed by atoms with Gasteiger partial charge in [-0.05, 0) is 69.9 Å². The van der Waals surface area contributed by atoms with Crippen molar-refractivity contribution in [3.05, 3.63) is 54.1 Å². The standard InChI is InChI=1S/C25H32FN5O/c1-4-30(24-23(29-17(2)3)6-5-11-27-24)16-18-9-12-31(13-10-18)25(32)21-15-28-22-8-7-19(26)14-20(21)22/h5-8,11,14-15,17-18,28-29H,4,9-10,12-13,16H2,1-3H3. The first-order valence-electron chi connectivity index (χ1n) is 11.5. The van der Waals surface area contributed by atoms with Crippen LogP contribution >= 0.6 is 0 Å². The summed E-state index contributed by atoms with van der Waals surface area (Å²) in [5.74, 6) is 1.13. The van der Waals surface area contributed by atoms with Gasteiger partial charge < -0.3 is 20.1 Å². The van der Waals surface area contributed by atoms with E-state index in [-0.39, 0.29) is 11.7 Å². The minimum absolute atomic E-state index is 0.0270. The Morgan fingerprint density at radius 3 is 2.81 bits per heavy atom. The number of likely N-dealkylation sites (tertiary alicyclic amines) is 1. The molecule has 1 saturated heterocycles. The highest BCUT2D eigenvalue weighted by atomic mass is 19.1. The van der Waals surface area contributed by atoms with Gasteiger partial charge in [0.1, 0.15) is 5.82 Å². The van der Waals surface area contributed by atoms with Crippen molar-refractivity contribution in [2.75, 3.05) is 36.4 Å². The molecule has 3 aromatic rings. The largest absolute Gasteiger partial charge is 0.380 e. The highest BCUT2D eigenvalue weighted by molar-refractivity contribution is 6.06. The number of nitrogens with one attached hydrogen (secondary N) is 2. The quantitative estimate of drug-likeness (QED) is 0.552. The first-order chi connectivity index (χ1) is 15.5. The van der Waals surface area contributed by atoms with E-state index < -0.39 is 0 Å². The van der Waals surface area contributed by atoms with Crippen LogP contribution in [0.2, 0.25) is 0 Å². The summed E-state index contributed by atoms with van der Waals surface area (Å²) in [5.41, 5.74) is 2.39. The van der Waals surface area contributed by atoms with Gasteiger partial charge in [-0.15, -0.1) is 0 Å². The summed E-state index contributed by atoms with van der Waals surface area (Å²) in [4.78, 5) is 25.0. The zero-order valence-electron chi connectivity index (χ0n) is 19.1. The van der Waals surface area contributed by atoms with Crippen LogP contribution in [-0.2, 0) is 0 Å². The highest BCUT2D eigenvalue weighted by Crippen LogP contribution is 2.28. The average molecular weight is 438 g/mol. The van der Waals surface area contributed by atoms with E-state index in [9.17, 15) is 9.18 Å². The third-order valence-corrected chi connectivity index (χ3v) is 6.17. The number of nitrogens with zero attached hydrogens (tertiary/aromatic N) is 3. The fourth-order valence-corrected chi connectivity index (χ4v) is 4.51. The predicted molar refractivity (Wildman–Crippen MR) is 128 cm³/mol. The van der Waals surface area contributed by atoms with Crippen LogP contribution < -0.4 is 10.2 Å². The van der Waals surface area contributed by atoms with Crippen molar-refractivity contribution >= 4 is 28.3 Å². The van der Waals surface area contributed by atoms with Crippen LogP contribution in [-0.4, -0.2) is 53.0 Å². The molecule has 3 heterocycles. The summed E-state index contributed by atoms with van der Waals surface area (Å²) in [6, 6.07) is 8.89. The second kappa shape index (κ2) is 9.59. The summed E-state index contributed by atoms with van der Waals surface area (Å²) in [5, 5.41) is 4.14. The maximum Gasteiger partial charge on any atom is 0.256 e. The van der Waals surface area contributed by atoms with E-state index in [0.717, 1.165) is 43.0 Å². The molecule has 1 amide bonds. The number of pyridine rings is 1. The van der Waals surface area contributed by atoms with Crippen molar-refractivity contribution < 1.29 is 9.18 Å². The number of carbonyl (C=O) groups excluding carboxylic acids is 1. The Bertz CT molecular complexity index is 1070. The van der Waals surface area contributed by atoms with Crippen molar-refractivity contribution in [3.63, 3.8) is 0 Å². The van der Waals surface area contributed by atoms with Crippen molar-refractivity contribution in [2.45, 2.75) is 39.7 Å². The van der Waals surface area contributed by atoms with Crippen LogP contribution in [0, 0.1) is 11.7 Å². The molecule has 0 saturated carbocycles. The maximum atomic E-state index is 13.7. The van der Waals surface area contributed by atoms with Crippen LogP contribution in [0.3, 0.4) is 0 Å². The molecule has 0 aliphatic carbocycles. The molecule has 1 aliphatic heterocycles. The number of rotatable bonds is 7. The van der Waals surface area contributed by atoms with Crippen molar-refractivity contribution in [3.8, 4) is 0 Å². The van der Waals surface area contributed by atoms with Crippen molar-refractivity contribution in [1.82, 2.24) is 14.9 Å². The minimum atomic E-state index is -0.328. The molecule has 4 rings (SSSR count). The van der Waals surface area contributed by atoms with E-state index in [0.29, 0.717) is 36.0 Å². The monoisotopic (exact) mass is 437 g/mol. The molecule has 6 nitrogen and oxygen atoms in total. The molecular weight excluding hydrogens is 405 g/mol. The summed E-state index contributed by atoms with van der Waals surface area (Å²) in [6.45, 7) is 9.63. The number of halogens is 1. The Balaban J connectivity index is 1.40. The zero-order valence-corrected chi connectivity index (χ0v) is 19.1. The number of aromatic amines is 1. The molecule has 1 aromatic carbocycles. The summed E-state index contributed by atoms with van der Waals surface area (Å²) >= 11 is 0. The molecule has 1 aliphatic rings. The zero-order chi connectivity index (χ0) is 22.7. The van der Waals surface area contributed by atoms with Crippen LogP contribution in [0.1, 0.15) is 44.0 Å². The van der Waals surface area contributed by atoms with Gasteiger partial charge in [0.25, 0.3) is 5.91 Å². The number of hydrogen-bond acceptors (Lipinski definition) is 4. The number of aromatic nitrogens is 2. The smallest absolute Gasteiger partial charge is 0.256 e. The summed E-state index contributed by atoms with van der Waals surface area (Å²) in [7, 11) is 0. The SMILES string of the molecule is CCN(CC1CCN(C(=O)c2c[nH]c3ccc(F)cc23)CC1)c1ncccc1NC(C)C. The Morgan fingerprint density at radius 2 is 2.09 bits per heavy atom. The molecule has 7 heteroatoms. The van der Waals surface area contributed by atoms with Crippen LogP contribution in [0.4, 0.5) is 15.9 Å². The van der Waals surface area contributed by atoms with E-state index >= 15 is 0 Å². The van der Waals surface area contributed by atoms with Gasteiger partial charge in [-0.1, -0.05) is 0 Å². The number of benzene rings is 1. The molecule has 1 fully saturated rings. The minimum Gasteiger partial charge on any atom is -0.380 e. The number of H-pyrrole nitrogens is 1. The van der Waals surface area contributed by atoms with E-state index in [1.165, 1.54) is 12.1 Å². The van der Waals surface area contributed by atoms with Crippen LogP contribution in [0.15, 0.2) is 42.7 Å². The van der Waals surface area contributed by atoms with Gasteiger partial charge in [-0.25, -0.2) is 9.37 Å². The normalized spacial score (nSPS) is 14.8. The molecule has 0 spiro atoms. The van der Waals surface area contributed by atoms with E-state index in [1.54, 1.807) is 12.3 Å². The summed E-state index contributed by atoms with van der Waals surface area (Å²) < 4.78 is 13.7. The van der Waals surface area contributed by atoms with Gasteiger partial charge >= 0.3 is 0 Å². The number of carbonyl (C=O) groups is 1. The number of hydrogen-bond donors (Lipinski definition) is 2. The van der Waals surface area contributed by atoms with Gasteiger partial charge in [0.2, 0.25) is 0 Å². The fourth-order valence-electron chi connectivity index (χ4n) is 4.51. The Labute approximate surface area is 188 Å². The van der Waals surface area contributed by atoms with Gasteiger partial charge in [0.05, 0.1) is 11.3 Å². The fraction of sp³-hybridized carbons (Fsp3) is 0.440.